The summed E-state index contributed by atoms with van der Waals surface area (Å²) in [7, 11) is 0. The Balaban J connectivity index is 2.22. The fraction of sp³-hybridized carbons (Fsp3) is 0.105. The van der Waals surface area contributed by atoms with Crippen LogP contribution >= 0.6 is 22.7 Å². The monoisotopic (exact) mass is 381 g/mol. The van der Waals surface area contributed by atoms with Crippen molar-refractivity contribution in [3.8, 4) is 12.1 Å². The molecule has 0 spiro atoms. The lowest BCUT2D eigenvalue weighted by molar-refractivity contribution is 0.626. The van der Waals surface area contributed by atoms with E-state index in [9.17, 15) is 19.7 Å². The van der Waals surface area contributed by atoms with Crippen molar-refractivity contribution < 1.29 is 4.39 Å². The summed E-state index contributed by atoms with van der Waals surface area (Å²) in [5, 5.41) is 18.4. The zero-order valence-electron chi connectivity index (χ0n) is 13.7. The summed E-state index contributed by atoms with van der Waals surface area (Å²) in [5.41, 5.74) is 0.320. The summed E-state index contributed by atoms with van der Waals surface area (Å²) in [6.07, 6.45) is 1.77. The summed E-state index contributed by atoms with van der Waals surface area (Å²) < 4.78 is 15.3. The van der Waals surface area contributed by atoms with E-state index in [4.69, 9.17) is 0 Å². The Morgan fingerprint density at radius 3 is 2.42 bits per heavy atom. The summed E-state index contributed by atoms with van der Waals surface area (Å²) >= 11 is 2.67. The van der Waals surface area contributed by atoms with Gasteiger partial charge in [0.05, 0.1) is 11.1 Å². The number of nitriles is 2. The van der Waals surface area contributed by atoms with Gasteiger partial charge < -0.3 is 0 Å². The van der Waals surface area contributed by atoms with Crippen LogP contribution in [0.4, 0.5) is 4.39 Å². The maximum atomic E-state index is 13.1. The van der Waals surface area contributed by atoms with Gasteiger partial charge in [0.15, 0.2) is 5.57 Å². The number of hydrogen-bond donors (Lipinski definition) is 0. The van der Waals surface area contributed by atoms with E-state index in [2.05, 4.69) is 0 Å². The summed E-state index contributed by atoms with van der Waals surface area (Å²) in [6, 6.07) is 13.4. The van der Waals surface area contributed by atoms with Crippen LogP contribution in [0.25, 0.3) is 11.6 Å². The molecule has 0 N–H and O–H groups in total. The number of nitrogens with zero attached hydrogens (tertiary/aromatic N) is 3. The molecule has 3 rings (SSSR count). The van der Waals surface area contributed by atoms with Crippen molar-refractivity contribution >= 4 is 34.3 Å². The minimum Gasteiger partial charge on any atom is -0.293 e. The molecule has 7 heteroatoms. The molecule has 0 unspecified atom stereocenters. The average molecular weight is 381 g/mol. The van der Waals surface area contributed by atoms with Crippen LogP contribution in [0.2, 0.25) is 0 Å². The number of benzene rings is 1. The second-order valence-corrected chi connectivity index (χ2v) is 7.83. The van der Waals surface area contributed by atoms with Crippen molar-refractivity contribution in [2.24, 2.45) is 0 Å². The van der Waals surface area contributed by atoms with Gasteiger partial charge in [0.2, 0.25) is 0 Å². The van der Waals surface area contributed by atoms with E-state index in [1.165, 1.54) is 16.7 Å². The summed E-state index contributed by atoms with van der Waals surface area (Å²) in [5.74, 6) is -0.366. The minimum absolute atomic E-state index is 0.115. The number of rotatable bonds is 3. The molecule has 0 aliphatic heterocycles. The molecule has 0 saturated carbocycles. The highest BCUT2D eigenvalue weighted by Gasteiger charge is 2.10. The van der Waals surface area contributed by atoms with Crippen LogP contribution in [0.5, 0.6) is 0 Å². The van der Waals surface area contributed by atoms with Gasteiger partial charge in [0, 0.05) is 9.75 Å². The zero-order chi connectivity index (χ0) is 18.7. The Kier molecular flexibility index (Phi) is 5.13. The van der Waals surface area contributed by atoms with E-state index in [-0.39, 0.29) is 23.5 Å². The fourth-order valence-electron chi connectivity index (χ4n) is 2.40. The second-order valence-electron chi connectivity index (χ2n) is 5.48. The van der Waals surface area contributed by atoms with Crippen LogP contribution < -0.4 is 14.8 Å². The molecule has 0 amide bonds. The lowest BCUT2D eigenvalue weighted by Gasteiger charge is -2.02. The van der Waals surface area contributed by atoms with Gasteiger partial charge in [-0.1, -0.05) is 12.1 Å². The van der Waals surface area contributed by atoms with Crippen molar-refractivity contribution in [1.29, 1.82) is 10.5 Å². The molecule has 4 nitrogen and oxygen atoms in total. The van der Waals surface area contributed by atoms with Gasteiger partial charge in [-0.05, 0) is 42.8 Å². The van der Waals surface area contributed by atoms with Crippen molar-refractivity contribution in [3.63, 3.8) is 0 Å². The molecule has 128 valence electrons. The Labute approximate surface area is 156 Å². The Morgan fingerprint density at radius 2 is 1.85 bits per heavy atom. The van der Waals surface area contributed by atoms with E-state index in [0.29, 0.717) is 14.8 Å². The first-order valence-electron chi connectivity index (χ1n) is 7.58. The van der Waals surface area contributed by atoms with E-state index in [1.807, 2.05) is 31.2 Å². The molecule has 2 aromatic heterocycles. The van der Waals surface area contributed by atoms with E-state index < -0.39 is 0 Å². The zero-order valence-corrected chi connectivity index (χ0v) is 15.3. The SMILES string of the molecule is Cc1ccc(/C=c2\sc(=C(C#N)C#N)n(Cc3ccc(F)cc3)c2=O)s1. The Morgan fingerprint density at radius 1 is 1.15 bits per heavy atom. The van der Waals surface area contributed by atoms with Crippen molar-refractivity contribution in [2.75, 3.05) is 0 Å². The maximum absolute atomic E-state index is 13.1. The highest BCUT2D eigenvalue weighted by molar-refractivity contribution is 7.13. The third kappa shape index (κ3) is 3.65. The molecule has 2 heterocycles. The molecule has 0 saturated heterocycles. The molecule has 0 fully saturated rings. The normalized spacial score (nSPS) is 11.2. The van der Waals surface area contributed by atoms with Crippen LogP contribution in [0.3, 0.4) is 0 Å². The highest BCUT2D eigenvalue weighted by atomic mass is 32.1. The molecular formula is C19H12FN3OS2. The van der Waals surface area contributed by atoms with Crippen molar-refractivity contribution in [2.45, 2.75) is 13.5 Å². The number of aromatic nitrogens is 1. The van der Waals surface area contributed by atoms with E-state index in [1.54, 1.807) is 29.5 Å². The number of thiophene rings is 1. The molecule has 26 heavy (non-hydrogen) atoms. The van der Waals surface area contributed by atoms with Gasteiger partial charge in [-0.2, -0.15) is 10.5 Å². The average Bonchev–Trinajstić information content (AvgIpc) is 3.17. The lowest BCUT2D eigenvalue weighted by atomic mass is 10.2. The first-order valence-corrected chi connectivity index (χ1v) is 9.22. The molecule has 0 aliphatic rings. The topological polar surface area (TPSA) is 69.6 Å². The molecule has 0 bridgehead atoms. The number of aryl methyl sites for hydroxylation is 1. The van der Waals surface area contributed by atoms with Crippen LogP contribution in [0.1, 0.15) is 15.3 Å². The van der Waals surface area contributed by atoms with Gasteiger partial charge in [-0.3, -0.25) is 9.36 Å². The third-order valence-electron chi connectivity index (χ3n) is 3.63. The van der Waals surface area contributed by atoms with Crippen LogP contribution in [-0.2, 0) is 6.54 Å². The first kappa shape index (κ1) is 17.8. The van der Waals surface area contributed by atoms with Gasteiger partial charge in [-0.25, -0.2) is 4.39 Å². The number of halogens is 1. The molecule has 0 radical (unpaired) electrons. The van der Waals surface area contributed by atoms with Crippen LogP contribution in [-0.4, -0.2) is 4.57 Å². The van der Waals surface area contributed by atoms with Crippen molar-refractivity contribution in [3.05, 3.63) is 77.1 Å². The maximum Gasteiger partial charge on any atom is 0.269 e. The highest BCUT2D eigenvalue weighted by Crippen LogP contribution is 2.15. The summed E-state index contributed by atoms with van der Waals surface area (Å²) in [6.45, 7) is 2.14. The quantitative estimate of drug-likeness (QED) is 0.700. The molecular weight excluding hydrogens is 369 g/mol. The number of hydrogen-bond acceptors (Lipinski definition) is 5. The van der Waals surface area contributed by atoms with Crippen LogP contribution in [0, 0.1) is 35.4 Å². The fourth-order valence-corrected chi connectivity index (χ4v) is 4.34. The van der Waals surface area contributed by atoms with Gasteiger partial charge in [-0.15, -0.1) is 22.7 Å². The van der Waals surface area contributed by atoms with Gasteiger partial charge >= 0.3 is 0 Å². The van der Waals surface area contributed by atoms with Crippen LogP contribution in [0.15, 0.2) is 41.2 Å². The van der Waals surface area contributed by atoms with Gasteiger partial charge in [0.1, 0.15) is 22.6 Å². The van der Waals surface area contributed by atoms with Crippen molar-refractivity contribution in [1.82, 2.24) is 4.57 Å². The summed E-state index contributed by atoms with van der Waals surface area (Å²) in [4.78, 5) is 14.9. The lowest BCUT2D eigenvalue weighted by Crippen LogP contribution is -2.32. The Hall–Kier alpha value is -3.00. The van der Waals surface area contributed by atoms with E-state index >= 15 is 0 Å². The first-order chi connectivity index (χ1) is 12.5. The number of thiazole rings is 1. The smallest absolute Gasteiger partial charge is 0.269 e. The predicted molar refractivity (Wildman–Crippen MR) is 101 cm³/mol. The largest absolute Gasteiger partial charge is 0.293 e. The second kappa shape index (κ2) is 7.49. The van der Waals surface area contributed by atoms with Gasteiger partial charge in [0.25, 0.3) is 5.56 Å². The predicted octanol–water partition coefficient (Wildman–Crippen LogP) is 2.49. The van der Waals surface area contributed by atoms with E-state index in [0.717, 1.165) is 21.1 Å². The Bertz CT molecular complexity index is 1200. The molecule has 3 aromatic rings. The molecule has 0 atom stereocenters. The standard InChI is InChI=1S/C19H12FN3OS2/c1-12-2-7-16(25-12)8-17-18(24)23(19(26-17)14(9-21)10-22)11-13-3-5-15(20)6-4-13/h2-8H,11H2,1H3/b17-8-. The third-order valence-corrected chi connectivity index (χ3v) is 5.71. The minimum atomic E-state index is -0.366. The molecule has 0 aliphatic carbocycles. The molecule has 1 aromatic carbocycles.